The Morgan fingerprint density at radius 1 is 1.00 bits per heavy atom. The van der Waals surface area contributed by atoms with Gasteiger partial charge in [-0.3, -0.25) is 4.55 Å². The summed E-state index contributed by atoms with van der Waals surface area (Å²) in [7, 11) is -14.2. The summed E-state index contributed by atoms with van der Waals surface area (Å²) in [4.78, 5) is -0.923. The molecular weight excluding hydrogens is 523 g/mol. The quantitative estimate of drug-likeness (QED) is 0.252. The molecule has 0 fully saturated rings. The minimum Gasteiger partial charge on any atom is -0.748 e. The van der Waals surface area contributed by atoms with Crippen LogP contribution in [0.3, 0.4) is 0 Å². The molecule has 1 aliphatic heterocycles. The summed E-state index contributed by atoms with van der Waals surface area (Å²) < 4.78 is 128. The van der Waals surface area contributed by atoms with E-state index in [0.29, 0.717) is 23.4 Å². The van der Waals surface area contributed by atoms with E-state index in [9.17, 15) is 43.0 Å². The molecule has 0 aliphatic carbocycles. The maximum atomic E-state index is 13.1. The molecule has 0 amide bonds. The molecule has 34 heavy (non-hydrogen) atoms. The Labute approximate surface area is 197 Å². The molecule has 2 rings (SSSR count). The van der Waals surface area contributed by atoms with E-state index in [2.05, 4.69) is 0 Å². The van der Waals surface area contributed by atoms with E-state index in [0.717, 1.165) is 12.1 Å². The molecule has 194 valence electrons. The van der Waals surface area contributed by atoms with Crippen molar-refractivity contribution in [1.82, 2.24) is 0 Å². The molecule has 15 heteroatoms. The minimum atomic E-state index is -5.61. The third kappa shape index (κ3) is 6.56. The van der Waals surface area contributed by atoms with Crippen molar-refractivity contribution >= 4 is 41.5 Å². The van der Waals surface area contributed by atoms with Gasteiger partial charge in [0.1, 0.15) is 6.54 Å². The summed E-state index contributed by atoms with van der Waals surface area (Å²) in [6, 6.07) is 3.08. The third-order valence-corrected chi connectivity index (χ3v) is 9.10. The number of benzene rings is 1. The summed E-state index contributed by atoms with van der Waals surface area (Å²) in [6.07, 6.45) is 0.930. The smallest absolute Gasteiger partial charge is 0.501 e. The van der Waals surface area contributed by atoms with Gasteiger partial charge in [0.15, 0.2) is 5.71 Å². The molecule has 1 atom stereocenters. The zero-order valence-electron chi connectivity index (χ0n) is 18.5. The first-order chi connectivity index (χ1) is 15.3. The Balaban J connectivity index is 2.44. The molecule has 1 aromatic rings. The van der Waals surface area contributed by atoms with Crippen LogP contribution in [0, 0.1) is 0 Å². The van der Waals surface area contributed by atoms with Gasteiger partial charge in [0.25, 0.3) is 20.0 Å². The maximum absolute atomic E-state index is 13.1. The Hall–Kier alpha value is -1.55. The van der Waals surface area contributed by atoms with Gasteiger partial charge in [-0.2, -0.15) is 26.2 Å². The highest BCUT2D eigenvalue weighted by Crippen LogP contribution is 2.45. The van der Waals surface area contributed by atoms with E-state index in [4.69, 9.17) is 4.55 Å². The van der Waals surface area contributed by atoms with Crippen LogP contribution in [0.5, 0.6) is 0 Å². The van der Waals surface area contributed by atoms with Crippen molar-refractivity contribution in [2.45, 2.75) is 61.8 Å². The average molecular weight is 550 g/mol. The number of unbranched alkanes of at least 4 members (excludes halogenated alkanes) is 2. The normalized spacial score (nSPS) is 19.5. The monoisotopic (exact) mass is 549 g/mol. The first kappa shape index (κ1) is 28.7. The van der Waals surface area contributed by atoms with Crippen LogP contribution in [0.25, 0.3) is 0 Å². The summed E-state index contributed by atoms with van der Waals surface area (Å²) in [6.45, 7) is 3.64. The zero-order chi connectivity index (χ0) is 26.2. The van der Waals surface area contributed by atoms with Gasteiger partial charge in [-0.25, -0.2) is 16.8 Å². The summed E-state index contributed by atoms with van der Waals surface area (Å²) in [5.74, 6) is -1.06. The predicted molar refractivity (Wildman–Crippen MR) is 117 cm³/mol. The molecule has 1 aliphatic rings. The molecule has 0 aromatic heterocycles. The van der Waals surface area contributed by atoms with E-state index < -0.39 is 57.4 Å². The molecular formula is C19H26F3NO8S3. The first-order valence-corrected chi connectivity index (χ1v) is 14.9. The van der Waals surface area contributed by atoms with Crippen molar-refractivity contribution < 1.29 is 52.1 Å². The van der Waals surface area contributed by atoms with Gasteiger partial charge in [0, 0.05) is 30.7 Å². The summed E-state index contributed by atoms with van der Waals surface area (Å²) in [5, 5.41) is 0. The lowest BCUT2D eigenvalue weighted by atomic mass is 9.76. The molecule has 0 bridgehead atoms. The van der Waals surface area contributed by atoms with E-state index in [1.165, 1.54) is 6.07 Å². The lowest BCUT2D eigenvalue weighted by molar-refractivity contribution is -0.439. The van der Waals surface area contributed by atoms with Crippen LogP contribution in [-0.4, -0.2) is 68.2 Å². The molecule has 1 heterocycles. The molecule has 0 spiro atoms. The van der Waals surface area contributed by atoms with Crippen molar-refractivity contribution in [1.29, 1.82) is 0 Å². The standard InChI is InChI=1S/C19H26F3NO8S3/c1-14-18(2,9-3-5-11-32(24,25)26)16-13-15(34(30,31)19(20,21)22)7-8-17(16)23(14)10-4-6-12-33(27,28)29/h7-8,13H,3-6,9-12H2,1-2H3,(H-,24,25,26,27,28,29). The molecule has 1 N–H and O–H groups in total. The Morgan fingerprint density at radius 3 is 2.12 bits per heavy atom. The summed E-state index contributed by atoms with van der Waals surface area (Å²) >= 11 is 0. The van der Waals surface area contributed by atoms with E-state index in [1.807, 2.05) is 0 Å². The van der Waals surface area contributed by atoms with Crippen LogP contribution in [-0.2, 0) is 35.5 Å². The van der Waals surface area contributed by atoms with Crippen molar-refractivity contribution in [3.63, 3.8) is 0 Å². The SMILES string of the molecule is CC1=[N+](CCCCS(=O)(=O)O)c2ccc(S(=O)(=O)C(F)(F)F)cc2C1(C)CCCCS(=O)(=O)[O-]. The second kappa shape index (κ2) is 9.84. The van der Waals surface area contributed by atoms with Crippen molar-refractivity contribution in [2.75, 3.05) is 18.1 Å². The lowest BCUT2D eigenvalue weighted by Gasteiger charge is -2.23. The Kier molecular flexibility index (Phi) is 8.30. The topological polar surface area (TPSA) is 149 Å². The van der Waals surface area contributed by atoms with E-state index in [1.54, 1.807) is 18.4 Å². The number of nitrogens with zero attached hydrogens (tertiary/aromatic N) is 1. The third-order valence-electron chi connectivity index (χ3n) is 6.03. The second-order valence-corrected chi connectivity index (χ2v) is 13.4. The van der Waals surface area contributed by atoms with E-state index in [-0.39, 0.29) is 32.2 Å². The highest BCUT2D eigenvalue weighted by atomic mass is 32.2. The maximum Gasteiger partial charge on any atom is 0.501 e. The van der Waals surface area contributed by atoms with Gasteiger partial charge >= 0.3 is 5.51 Å². The number of fused-ring (bicyclic) bond motifs is 1. The van der Waals surface area contributed by atoms with Crippen LogP contribution in [0.1, 0.15) is 51.5 Å². The van der Waals surface area contributed by atoms with Crippen LogP contribution >= 0.6 is 0 Å². The highest BCUT2D eigenvalue weighted by molar-refractivity contribution is 7.92. The molecule has 1 aromatic carbocycles. The number of halogens is 3. The zero-order valence-corrected chi connectivity index (χ0v) is 20.9. The van der Waals surface area contributed by atoms with Crippen LogP contribution in [0.4, 0.5) is 18.9 Å². The van der Waals surface area contributed by atoms with Gasteiger partial charge in [0.2, 0.25) is 5.69 Å². The molecule has 9 nitrogen and oxygen atoms in total. The Morgan fingerprint density at radius 2 is 1.59 bits per heavy atom. The van der Waals surface area contributed by atoms with E-state index >= 15 is 0 Å². The van der Waals surface area contributed by atoms with Gasteiger partial charge in [-0.1, -0.05) is 6.42 Å². The highest BCUT2D eigenvalue weighted by Gasteiger charge is 2.50. The van der Waals surface area contributed by atoms with Gasteiger partial charge in [-0.05, 0) is 38.3 Å². The van der Waals surface area contributed by atoms with Crippen LogP contribution in [0.15, 0.2) is 23.1 Å². The second-order valence-electron chi connectivity index (χ2n) is 8.41. The number of hydrogen-bond donors (Lipinski definition) is 1. The number of sulfone groups is 1. The van der Waals surface area contributed by atoms with Gasteiger partial charge in [0.05, 0.1) is 26.2 Å². The molecule has 0 radical (unpaired) electrons. The number of hydrogen-bond acceptors (Lipinski definition) is 7. The lowest BCUT2D eigenvalue weighted by Crippen LogP contribution is -2.31. The number of alkyl halides is 3. The largest absolute Gasteiger partial charge is 0.748 e. The van der Waals surface area contributed by atoms with Gasteiger partial charge < -0.3 is 4.55 Å². The fourth-order valence-electron chi connectivity index (χ4n) is 4.08. The average Bonchev–Trinajstić information content (AvgIpc) is 2.87. The Bertz CT molecular complexity index is 1290. The molecule has 1 unspecified atom stereocenters. The van der Waals surface area contributed by atoms with Gasteiger partial charge in [-0.15, -0.1) is 0 Å². The van der Waals surface area contributed by atoms with Crippen LogP contribution < -0.4 is 0 Å². The predicted octanol–water partition coefficient (Wildman–Crippen LogP) is 2.74. The number of rotatable bonds is 11. The van der Waals surface area contributed by atoms with Crippen molar-refractivity contribution in [3.8, 4) is 0 Å². The van der Waals surface area contributed by atoms with Crippen molar-refractivity contribution in [2.24, 2.45) is 0 Å². The molecule has 0 saturated carbocycles. The van der Waals surface area contributed by atoms with Crippen LogP contribution in [0.2, 0.25) is 0 Å². The fraction of sp³-hybridized carbons (Fsp3) is 0.632. The minimum absolute atomic E-state index is 0.0267. The first-order valence-electron chi connectivity index (χ1n) is 10.3. The molecule has 0 saturated heterocycles. The fourth-order valence-corrected chi connectivity index (χ4v) is 6.00. The summed E-state index contributed by atoms with van der Waals surface area (Å²) in [5.41, 5.74) is -5.05. The van der Waals surface area contributed by atoms with Crippen molar-refractivity contribution in [3.05, 3.63) is 23.8 Å².